The first-order valence-electron chi connectivity index (χ1n) is 10.4. The summed E-state index contributed by atoms with van der Waals surface area (Å²) in [5.41, 5.74) is 3.19. The first kappa shape index (κ1) is 21.4. The predicted octanol–water partition coefficient (Wildman–Crippen LogP) is 3.22. The third-order valence-corrected chi connectivity index (χ3v) is 5.84. The first-order valence-corrected chi connectivity index (χ1v) is 10.4. The van der Waals surface area contributed by atoms with Crippen LogP contribution in [0.2, 0.25) is 0 Å². The number of rotatable bonds is 7. The van der Waals surface area contributed by atoms with Gasteiger partial charge in [0.2, 0.25) is 0 Å². The van der Waals surface area contributed by atoms with Crippen molar-refractivity contribution in [3.8, 4) is 11.8 Å². The number of H-pyrrole nitrogens is 1. The number of nitrogens with one attached hydrogen (secondary N) is 1. The third-order valence-electron chi connectivity index (χ3n) is 5.84. The van der Waals surface area contributed by atoms with E-state index in [0.717, 1.165) is 16.6 Å². The van der Waals surface area contributed by atoms with E-state index >= 15 is 0 Å². The van der Waals surface area contributed by atoms with Crippen molar-refractivity contribution < 1.29 is 19.4 Å². The maximum Gasteiger partial charge on any atom is 0.325 e. The van der Waals surface area contributed by atoms with Crippen LogP contribution in [0, 0.1) is 11.3 Å². The van der Waals surface area contributed by atoms with Crippen LogP contribution in [0.5, 0.6) is 5.75 Å². The highest BCUT2D eigenvalue weighted by Crippen LogP contribution is 2.32. The second-order valence-corrected chi connectivity index (χ2v) is 7.77. The van der Waals surface area contributed by atoms with Crippen molar-refractivity contribution in [1.82, 2.24) is 9.88 Å². The molecule has 0 aliphatic carbocycles. The van der Waals surface area contributed by atoms with Crippen LogP contribution in [0.3, 0.4) is 0 Å². The highest BCUT2D eigenvalue weighted by atomic mass is 16.5. The summed E-state index contributed by atoms with van der Waals surface area (Å²) in [7, 11) is 0. The van der Waals surface area contributed by atoms with Crippen LogP contribution in [0.4, 0.5) is 5.69 Å². The Morgan fingerprint density at radius 3 is 2.50 bits per heavy atom. The number of carbonyl (C=O) groups is 2. The van der Waals surface area contributed by atoms with E-state index in [0.29, 0.717) is 43.1 Å². The second-order valence-electron chi connectivity index (χ2n) is 7.77. The quantitative estimate of drug-likeness (QED) is 0.552. The lowest BCUT2D eigenvalue weighted by molar-refractivity contribution is -0.143. The third kappa shape index (κ3) is 4.29. The molecule has 3 aromatic rings. The first-order chi connectivity index (χ1) is 15.5. The van der Waals surface area contributed by atoms with Crippen molar-refractivity contribution in [3.05, 3.63) is 59.8 Å². The van der Waals surface area contributed by atoms with Gasteiger partial charge in [-0.15, -0.1) is 0 Å². The van der Waals surface area contributed by atoms with Gasteiger partial charge in [0.05, 0.1) is 0 Å². The topological polar surface area (TPSA) is 110 Å². The van der Waals surface area contributed by atoms with Gasteiger partial charge in [0.15, 0.2) is 12.4 Å². The molecule has 1 aliphatic rings. The summed E-state index contributed by atoms with van der Waals surface area (Å²) in [5.74, 6) is -0.345. The average Bonchev–Trinajstić information content (AvgIpc) is 3.21. The molecule has 1 saturated heterocycles. The molecule has 0 saturated carbocycles. The molecule has 0 bridgehead atoms. The summed E-state index contributed by atoms with van der Waals surface area (Å²) >= 11 is 0. The summed E-state index contributed by atoms with van der Waals surface area (Å²) in [4.78, 5) is 31.1. The Morgan fingerprint density at radius 1 is 1.16 bits per heavy atom. The summed E-state index contributed by atoms with van der Waals surface area (Å²) < 4.78 is 5.40. The van der Waals surface area contributed by atoms with Gasteiger partial charge in [-0.25, -0.2) is 0 Å². The Morgan fingerprint density at radius 2 is 1.88 bits per heavy atom. The molecule has 0 radical (unpaired) electrons. The standard InChI is InChI=1S/C24H24N4O4/c1-16(29)17-2-4-18(5-3-17)27-9-11-28(12-10-27)23(24(30)31)21-15-26-22-7-6-19(14-20(21)22)32-13-8-25/h2-7,14-15,23,26H,9-13H2,1H3,(H,30,31). The summed E-state index contributed by atoms with van der Waals surface area (Å²) in [5, 5.41) is 19.6. The van der Waals surface area contributed by atoms with Crippen molar-refractivity contribution in [1.29, 1.82) is 5.26 Å². The van der Waals surface area contributed by atoms with E-state index in [2.05, 4.69) is 9.88 Å². The number of nitrogens with zero attached hydrogens (tertiary/aromatic N) is 3. The van der Waals surface area contributed by atoms with Crippen LogP contribution in [-0.4, -0.2) is 59.5 Å². The van der Waals surface area contributed by atoms with Crippen LogP contribution in [0.15, 0.2) is 48.7 Å². The minimum absolute atomic E-state index is 0.0329. The molecule has 2 heterocycles. The number of aliphatic carboxylic acids is 1. The van der Waals surface area contributed by atoms with Crippen molar-refractivity contribution in [3.63, 3.8) is 0 Å². The van der Waals surface area contributed by atoms with E-state index < -0.39 is 12.0 Å². The normalized spacial score (nSPS) is 15.3. The number of benzene rings is 2. The minimum atomic E-state index is -0.909. The maximum atomic E-state index is 12.3. The number of nitriles is 1. The molecule has 8 nitrogen and oxygen atoms in total. The molecular weight excluding hydrogens is 408 g/mol. The number of anilines is 1. The molecular formula is C24H24N4O4. The van der Waals surface area contributed by atoms with Gasteiger partial charge in [0.25, 0.3) is 0 Å². The molecule has 164 valence electrons. The van der Waals surface area contributed by atoms with Crippen molar-refractivity contribution in [2.24, 2.45) is 0 Å². The lowest BCUT2D eigenvalue weighted by atomic mass is 10.0. The van der Waals surface area contributed by atoms with E-state index in [1.807, 2.05) is 41.3 Å². The Hall–Kier alpha value is -3.83. The molecule has 4 rings (SSSR count). The molecule has 2 aromatic carbocycles. The zero-order chi connectivity index (χ0) is 22.7. The Kier molecular flexibility index (Phi) is 6.10. The van der Waals surface area contributed by atoms with Gasteiger partial charge in [0, 0.05) is 60.1 Å². The fraction of sp³-hybridized carbons (Fsp3) is 0.292. The number of ether oxygens (including phenoxy) is 1. The number of carbonyl (C=O) groups excluding carboxylic acids is 1. The molecule has 1 aliphatic heterocycles. The van der Waals surface area contributed by atoms with Crippen LogP contribution < -0.4 is 9.64 Å². The van der Waals surface area contributed by atoms with Crippen LogP contribution in [0.25, 0.3) is 10.9 Å². The molecule has 1 unspecified atom stereocenters. The summed E-state index contributed by atoms with van der Waals surface area (Å²) in [6.45, 7) is 4.02. The van der Waals surface area contributed by atoms with E-state index in [-0.39, 0.29) is 12.4 Å². The van der Waals surface area contributed by atoms with Crippen molar-refractivity contribution in [2.45, 2.75) is 13.0 Å². The number of aromatic nitrogens is 1. The van der Waals surface area contributed by atoms with Gasteiger partial charge in [-0.2, -0.15) is 5.26 Å². The van der Waals surface area contributed by atoms with Gasteiger partial charge >= 0.3 is 5.97 Å². The molecule has 1 aromatic heterocycles. The average molecular weight is 432 g/mol. The van der Waals surface area contributed by atoms with Crippen molar-refractivity contribution >= 4 is 28.3 Å². The maximum absolute atomic E-state index is 12.3. The molecule has 2 N–H and O–H groups in total. The van der Waals surface area contributed by atoms with E-state index in [1.54, 1.807) is 25.3 Å². The fourth-order valence-corrected chi connectivity index (χ4v) is 4.18. The zero-order valence-corrected chi connectivity index (χ0v) is 17.7. The van der Waals surface area contributed by atoms with Gasteiger partial charge in [-0.05, 0) is 49.4 Å². The van der Waals surface area contributed by atoms with Crippen LogP contribution in [0.1, 0.15) is 28.9 Å². The van der Waals surface area contributed by atoms with Crippen LogP contribution in [-0.2, 0) is 4.79 Å². The molecule has 1 atom stereocenters. The summed E-state index contributed by atoms with van der Waals surface area (Å²) in [6, 6.07) is 14.0. The number of carboxylic acid groups (broad SMARTS) is 1. The minimum Gasteiger partial charge on any atom is -0.480 e. The number of aromatic amines is 1. The van der Waals surface area contributed by atoms with Gasteiger partial charge in [-0.3, -0.25) is 14.5 Å². The highest BCUT2D eigenvalue weighted by molar-refractivity contribution is 5.94. The Bertz CT molecular complexity index is 1170. The van der Waals surface area contributed by atoms with Gasteiger partial charge in [-0.1, -0.05) is 0 Å². The Balaban J connectivity index is 1.52. The van der Waals surface area contributed by atoms with Gasteiger partial charge < -0.3 is 19.7 Å². The number of hydrogen-bond donors (Lipinski definition) is 2. The van der Waals surface area contributed by atoms with Crippen molar-refractivity contribution in [2.75, 3.05) is 37.7 Å². The molecule has 32 heavy (non-hydrogen) atoms. The SMILES string of the molecule is CC(=O)c1ccc(N2CCN(C(C(=O)O)c3c[nH]c4ccc(OCC#N)cc34)CC2)cc1. The Labute approximate surface area is 185 Å². The van der Waals surface area contributed by atoms with E-state index in [1.165, 1.54) is 0 Å². The number of hydrogen-bond acceptors (Lipinski definition) is 6. The smallest absolute Gasteiger partial charge is 0.325 e. The molecule has 8 heteroatoms. The van der Waals surface area contributed by atoms with E-state index in [9.17, 15) is 14.7 Å². The van der Waals surface area contributed by atoms with Crippen LogP contribution >= 0.6 is 0 Å². The number of carboxylic acids is 1. The monoisotopic (exact) mass is 432 g/mol. The van der Waals surface area contributed by atoms with E-state index in [4.69, 9.17) is 10.00 Å². The molecule has 1 fully saturated rings. The number of fused-ring (bicyclic) bond motifs is 1. The molecule has 0 amide bonds. The number of ketones is 1. The summed E-state index contributed by atoms with van der Waals surface area (Å²) in [6.07, 6.45) is 1.74. The predicted molar refractivity (Wildman–Crippen MR) is 120 cm³/mol. The lowest BCUT2D eigenvalue weighted by Gasteiger charge is -2.38. The number of piperazine rings is 1. The highest BCUT2D eigenvalue weighted by Gasteiger charge is 2.32. The van der Waals surface area contributed by atoms with Gasteiger partial charge in [0.1, 0.15) is 17.9 Å². The fourth-order valence-electron chi connectivity index (χ4n) is 4.18. The second kappa shape index (κ2) is 9.12. The molecule has 0 spiro atoms. The lowest BCUT2D eigenvalue weighted by Crippen LogP contribution is -2.49. The largest absolute Gasteiger partial charge is 0.480 e. The number of Topliss-reactive ketones (excluding diaryl/α,β-unsaturated/α-hetero) is 1. The zero-order valence-electron chi connectivity index (χ0n) is 17.7.